The highest BCUT2D eigenvalue weighted by molar-refractivity contribution is 5.98. The Hall–Kier alpha value is -2.43. The molecule has 0 radical (unpaired) electrons. The molecule has 0 saturated carbocycles. The van der Waals surface area contributed by atoms with E-state index in [1.54, 1.807) is 0 Å². The maximum atomic E-state index is 4.96. The van der Waals surface area contributed by atoms with Gasteiger partial charge in [-0.25, -0.2) is 4.98 Å². The number of aromatic nitrogens is 3. The van der Waals surface area contributed by atoms with Gasteiger partial charge in [-0.3, -0.25) is 8.97 Å². The molecule has 0 N–H and O–H groups in total. The van der Waals surface area contributed by atoms with E-state index in [1.807, 2.05) is 0 Å². The van der Waals surface area contributed by atoms with Gasteiger partial charge in [0.2, 0.25) is 5.78 Å². The first-order valence-electron chi connectivity index (χ1n) is 9.34. The molecule has 4 heterocycles. The van der Waals surface area contributed by atoms with E-state index in [-0.39, 0.29) is 11.2 Å². The minimum atomic E-state index is -0.184. The first kappa shape index (κ1) is 15.8. The summed E-state index contributed by atoms with van der Waals surface area (Å²) < 4.78 is 4.77. The predicted octanol–water partition coefficient (Wildman–Crippen LogP) is 4.29. The Morgan fingerprint density at radius 1 is 1.00 bits per heavy atom. The third-order valence-corrected chi connectivity index (χ3v) is 6.70. The predicted molar refractivity (Wildman–Crippen MR) is 107 cm³/mol. The van der Waals surface area contributed by atoms with Crippen LogP contribution in [0, 0.1) is 20.8 Å². The van der Waals surface area contributed by atoms with Crippen LogP contribution in [0.15, 0.2) is 24.0 Å². The molecule has 0 amide bonds. The molecule has 0 fully saturated rings. The number of fused-ring (bicyclic) bond motifs is 5. The lowest BCUT2D eigenvalue weighted by Gasteiger charge is -2.47. The second-order valence-electron chi connectivity index (χ2n) is 8.87. The van der Waals surface area contributed by atoms with Gasteiger partial charge in [0.1, 0.15) is 5.66 Å². The molecule has 3 aromatic rings. The van der Waals surface area contributed by atoms with Crippen LogP contribution < -0.4 is 4.90 Å². The van der Waals surface area contributed by atoms with Crippen LogP contribution in [0.2, 0.25) is 0 Å². The van der Waals surface area contributed by atoms with Crippen molar-refractivity contribution in [1.29, 1.82) is 0 Å². The van der Waals surface area contributed by atoms with Crippen LogP contribution in [-0.2, 0) is 5.54 Å². The maximum absolute atomic E-state index is 4.96. The second-order valence-corrected chi connectivity index (χ2v) is 8.87. The van der Waals surface area contributed by atoms with Crippen molar-refractivity contribution in [2.75, 3.05) is 11.9 Å². The number of anilines is 1. The van der Waals surface area contributed by atoms with Crippen molar-refractivity contribution < 1.29 is 0 Å². The molecule has 5 nitrogen and oxygen atoms in total. The summed E-state index contributed by atoms with van der Waals surface area (Å²) in [6.45, 7) is 15.7. The summed E-state index contributed by atoms with van der Waals surface area (Å²) in [7, 11) is 2.17. The summed E-state index contributed by atoms with van der Waals surface area (Å²) in [6.07, 6.45) is 2.31. The van der Waals surface area contributed by atoms with Crippen LogP contribution in [0.4, 0.5) is 5.69 Å². The number of hydrogen-bond acceptors (Lipinski definition) is 3. The number of hydrogen-bond donors (Lipinski definition) is 0. The van der Waals surface area contributed by atoms with E-state index in [9.17, 15) is 0 Å². The van der Waals surface area contributed by atoms with E-state index >= 15 is 0 Å². The molecule has 2 aliphatic rings. The molecule has 0 aliphatic carbocycles. The Morgan fingerprint density at radius 3 is 2.38 bits per heavy atom. The summed E-state index contributed by atoms with van der Waals surface area (Å²) in [6, 6.07) is 4.50. The van der Waals surface area contributed by atoms with Gasteiger partial charge in [0.15, 0.2) is 0 Å². The lowest BCUT2D eigenvalue weighted by Crippen LogP contribution is -2.52. The summed E-state index contributed by atoms with van der Waals surface area (Å²) >= 11 is 0. The van der Waals surface area contributed by atoms with E-state index < -0.39 is 0 Å². The van der Waals surface area contributed by atoms with Crippen LogP contribution in [0.25, 0.3) is 16.8 Å². The van der Waals surface area contributed by atoms with E-state index in [4.69, 9.17) is 4.98 Å². The molecule has 0 bridgehead atoms. The minimum absolute atomic E-state index is 0.103. The highest BCUT2D eigenvalue weighted by Crippen LogP contribution is 2.52. The van der Waals surface area contributed by atoms with Crippen LogP contribution in [0.1, 0.15) is 44.6 Å². The van der Waals surface area contributed by atoms with Crippen molar-refractivity contribution in [3.63, 3.8) is 0 Å². The lowest BCUT2D eigenvalue weighted by atomic mass is 9.93. The molecule has 5 heteroatoms. The zero-order valence-corrected chi connectivity index (χ0v) is 17.0. The molecule has 0 unspecified atom stereocenters. The van der Waals surface area contributed by atoms with Crippen molar-refractivity contribution in [1.82, 2.24) is 18.9 Å². The molecule has 0 saturated heterocycles. The fourth-order valence-electron chi connectivity index (χ4n) is 4.81. The molecule has 2 aromatic heterocycles. The largest absolute Gasteiger partial charge is 0.356 e. The van der Waals surface area contributed by atoms with Crippen molar-refractivity contribution in [2.24, 2.45) is 0 Å². The van der Waals surface area contributed by atoms with Gasteiger partial charge >= 0.3 is 0 Å². The fraction of sp³-hybridized carbons (Fsp3) is 0.476. The Labute approximate surface area is 154 Å². The average molecular weight is 349 g/mol. The Kier molecular flexibility index (Phi) is 2.60. The van der Waals surface area contributed by atoms with E-state index in [0.29, 0.717) is 0 Å². The zero-order chi connectivity index (χ0) is 18.8. The standard InChI is InChI=1S/C21H27N5/c1-12-9-10-15-18-17(12)25-16(11-23(8)21(25,6)7)20(4,5)26(18)19-22-13(2)14(3)24(15)19/h9-11H,1-8H3. The molecular formula is C21H27N5. The summed E-state index contributed by atoms with van der Waals surface area (Å²) in [5, 5.41) is 0. The summed E-state index contributed by atoms with van der Waals surface area (Å²) in [4.78, 5) is 9.82. The Morgan fingerprint density at radius 2 is 1.69 bits per heavy atom. The van der Waals surface area contributed by atoms with Gasteiger partial charge in [-0.15, -0.1) is 0 Å². The Bertz CT molecular complexity index is 1140. The van der Waals surface area contributed by atoms with Crippen molar-refractivity contribution in [2.45, 2.75) is 59.7 Å². The van der Waals surface area contributed by atoms with Gasteiger partial charge in [-0.1, -0.05) is 6.07 Å². The highest BCUT2D eigenvalue weighted by Gasteiger charge is 2.50. The third kappa shape index (κ3) is 1.48. The Balaban J connectivity index is 2.06. The van der Waals surface area contributed by atoms with Gasteiger partial charge in [0, 0.05) is 18.9 Å². The molecule has 136 valence electrons. The number of aryl methyl sites for hydroxylation is 3. The maximum Gasteiger partial charge on any atom is 0.216 e. The van der Waals surface area contributed by atoms with Gasteiger partial charge < -0.3 is 9.80 Å². The average Bonchev–Trinajstić information content (AvgIpc) is 3.10. The third-order valence-electron chi connectivity index (χ3n) is 6.70. The first-order chi connectivity index (χ1) is 12.1. The number of benzene rings is 1. The van der Waals surface area contributed by atoms with Crippen LogP contribution >= 0.6 is 0 Å². The molecule has 5 rings (SSSR count). The molecule has 26 heavy (non-hydrogen) atoms. The van der Waals surface area contributed by atoms with Crippen molar-refractivity contribution >= 4 is 22.5 Å². The molecule has 1 aromatic carbocycles. The first-order valence-corrected chi connectivity index (χ1v) is 9.34. The molecule has 0 spiro atoms. The van der Waals surface area contributed by atoms with Crippen molar-refractivity contribution in [3.05, 3.63) is 41.0 Å². The monoisotopic (exact) mass is 349 g/mol. The highest BCUT2D eigenvalue weighted by atomic mass is 15.5. The van der Waals surface area contributed by atoms with Gasteiger partial charge in [0.25, 0.3) is 0 Å². The fourth-order valence-corrected chi connectivity index (χ4v) is 4.81. The quantitative estimate of drug-likeness (QED) is 0.606. The zero-order valence-electron chi connectivity index (χ0n) is 17.0. The van der Waals surface area contributed by atoms with Crippen LogP contribution in [0.3, 0.4) is 0 Å². The van der Waals surface area contributed by atoms with E-state index in [0.717, 1.165) is 11.5 Å². The number of allylic oxidation sites excluding steroid dienone is 1. The van der Waals surface area contributed by atoms with Crippen LogP contribution in [0.5, 0.6) is 0 Å². The number of nitrogens with zero attached hydrogens (tertiary/aromatic N) is 5. The van der Waals surface area contributed by atoms with Gasteiger partial charge in [-0.05, 0) is 60.1 Å². The van der Waals surface area contributed by atoms with E-state index in [1.165, 1.54) is 33.7 Å². The molecule has 2 aliphatic heterocycles. The SMILES string of the molecule is Cc1ccc2c3c1N1C(=CN(C)C1(C)C)C(C)(C)n3c1nc(C)c(C)n21. The van der Waals surface area contributed by atoms with Crippen molar-refractivity contribution in [3.8, 4) is 0 Å². The molecule has 0 atom stereocenters. The minimum Gasteiger partial charge on any atom is -0.356 e. The summed E-state index contributed by atoms with van der Waals surface area (Å²) in [5.41, 5.74) is 8.51. The molecular weight excluding hydrogens is 322 g/mol. The number of imidazole rings is 2. The second kappa shape index (κ2) is 4.27. The van der Waals surface area contributed by atoms with Gasteiger partial charge in [-0.2, -0.15) is 0 Å². The van der Waals surface area contributed by atoms with Gasteiger partial charge in [0.05, 0.1) is 33.7 Å². The topological polar surface area (TPSA) is 28.7 Å². The van der Waals surface area contributed by atoms with Crippen LogP contribution in [-0.4, -0.2) is 31.6 Å². The number of rotatable bonds is 0. The smallest absolute Gasteiger partial charge is 0.216 e. The lowest BCUT2D eigenvalue weighted by molar-refractivity contribution is 0.247. The normalized spacial score (nSPS) is 20.2. The summed E-state index contributed by atoms with van der Waals surface area (Å²) in [5.74, 6) is 1.04. The van der Waals surface area contributed by atoms with E-state index in [2.05, 4.69) is 92.6 Å².